The van der Waals surface area contributed by atoms with Crippen molar-refractivity contribution in [2.45, 2.75) is 56.8 Å². The van der Waals surface area contributed by atoms with Crippen LogP contribution >= 0.6 is 0 Å². The first-order valence-electron chi connectivity index (χ1n) is 16.0. The van der Waals surface area contributed by atoms with E-state index in [1.54, 1.807) is 24.3 Å². The van der Waals surface area contributed by atoms with Gasteiger partial charge in [-0.25, -0.2) is 14.4 Å². The molecule has 10 nitrogen and oxygen atoms in total. The number of carbonyl (C=O) groups excluding carboxylic acids is 3. The highest BCUT2D eigenvalue weighted by Crippen LogP contribution is 2.36. The van der Waals surface area contributed by atoms with Crippen molar-refractivity contribution in [1.82, 2.24) is 0 Å². The van der Waals surface area contributed by atoms with Crippen molar-refractivity contribution in [3.8, 4) is 11.5 Å². The van der Waals surface area contributed by atoms with Crippen LogP contribution in [-0.4, -0.2) is 75.9 Å². The number of benzene rings is 2. The Hall–Kier alpha value is -4.41. The summed E-state index contributed by atoms with van der Waals surface area (Å²) in [6.07, 6.45) is 5.92. The molecule has 2 aliphatic heterocycles. The first-order valence-corrected chi connectivity index (χ1v) is 16.0. The summed E-state index contributed by atoms with van der Waals surface area (Å²) >= 11 is 0. The molecule has 2 saturated heterocycles. The second kappa shape index (κ2) is 18.7. The topological polar surface area (TPSA) is 116 Å². The second-order valence-corrected chi connectivity index (χ2v) is 11.3. The molecule has 47 heavy (non-hydrogen) atoms. The van der Waals surface area contributed by atoms with E-state index in [1.807, 2.05) is 24.3 Å². The molecule has 0 spiro atoms. The van der Waals surface area contributed by atoms with Crippen LogP contribution in [0.5, 0.6) is 11.5 Å². The van der Waals surface area contributed by atoms with Crippen LogP contribution in [0.1, 0.15) is 54.4 Å². The van der Waals surface area contributed by atoms with Gasteiger partial charge in [0.25, 0.3) is 0 Å². The maximum absolute atomic E-state index is 12.9. The average Bonchev–Trinajstić information content (AvgIpc) is 3.69. The van der Waals surface area contributed by atoms with Crippen LogP contribution in [0, 0.1) is 5.92 Å². The summed E-state index contributed by atoms with van der Waals surface area (Å²) in [4.78, 5) is 35.0. The molecule has 4 rings (SSSR count). The molecular weight excluding hydrogens is 604 g/mol. The van der Waals surface area contributed by atoms with E-state index in [9.17, 15) is 14.4 Å². The Kier molecular flexibility index (Phi) is 14.1. The SMILES string of the molecule is C=CC(=O)OCCCCOc1ccc(C(=C)CC[C@@H]2COC3C(OC(=O)c4ccc(OCCCCOC(=O)C=C)cc4)COC32)cc1. The number of hydrogen-bond acceptors (Lipinski definition) is 10. The lowest BCUT2D eigenvalue weighted by atomic mass is 9.92. The Labute approximate surface area is 276 Å². The number of esters is 3. The monoisotopic (exact) mass is 648 g/mol. The van der Waals surface area contributed by atoms with Crippen LogP contribution in [-0.2, 0) is 33.3 Å². The van der Waals surface area contributed by atoms with E-state index in [-0.39, 0.29) is 18.1 Å². The van der Waals surface area contributed by atoms with Crippen LogP contribution in [0.3, 0.4) is 0 Å². The quantitative estimate of drug-likeness (QED) is 0.0744. The fraction of sp³-hybridized carbons (Fsp3) is 0.432. The summed E-state index contributed by atoms with van der Waals surface area (Å²) in [7, 11) is 0. The van der Waals surface area contributed by atoms with Gasteiger partial charge in [-0.1, -0.05) is 31.9 Å². The molecule has 2 aliphatic rings. The van der Waals surface area contributed by atoms with Crippen LogP contribution < -0.4 is 9.47 Å². The second-order valence-electron chi connectivity index (χ2n) is 11.3. The molecular formula is C37H44O10. The molecule has 0 N–H and O–H groups in total. The van der Waals surface area contributed by atoms with E-state index in [0.717, 1.165) is 61.1 Å². The van der Waals surface area contributed by atoms with Gasteiger partial charge in [0, 0.05) is 18.1 Å². The van der Waals surface area contributed by atoms with Crippen molar-refractivity contribution in [2.24, 2.45) is 5.92 Å². The van der Waals surface area contributed by atoms with Gasteiger partial charge in [0.15, 0.2) is 6.10 Å². The summed E-state index contributed by atoms with van der Waals surface area (Å²) in [6.45, 7) is 13.5. The van der Waals surface area contributed by atoms with Gasteiger partial charge in [-0.15, -0.1) is 0 Å². The third-order valence-electron chi connectivity index (χ3n) is 7.98. The Morgan fingerprint density at radius 1 is 0.702 bits per heavy atom. The Bertz CT molecular complexity index is 1350. The fourth-order valence-electron chi connectivity index (χ4n) is 5.33. The summed E-state index contributed by atoms with van der Waals surface area (Å²) < 4.78 is 39.3. The van der Waals surface area contributed by atoms with Crippen molar-refractivity contribution in [3.05, 3.63) is 91.5 Å². The molecule has 0 saturated carbocycles. The number of carbonyl (C=O) groups is 3. The van der Waals surface area contributed by atoms with Gasteiger partial charge in [0.1, 0.15) is 17.6 Å². The summed E-state index contributed by atoms with van der Waals surface area (Å²) in [5.74, 6) is 0.315. The maximum atomic E-state index is 12.9. The predicted octanol–water partition coefficient (Wildman–Crippen LogP) is 5.90. The van der Waals surface area contributed by atoms with Gasteiger partial charge in [-0.3, -0.25) is 0 Å². The zero-order valence-corrected chi connectivity index (χ0v) is 26.8. The van der Waals surface area contributed by atoms with E-state index >= 15 is 0 Å². The maximum Gasteiger partial charge on any atom is 0.338 e. The number of ether oxygens (including phenoxy) is 7. The number of unbranched alkanes of at least 4 members (excludes halogenated alkanes) is 2. The van der Waals surface area contributed by atoms with Crippen LogP contribution in [0.4, 0.5) is 0 Å². The molecule has 2 aromatic carbocycles. The van der Waals surface area contributed by atoms with Gasteiger partial charge in [-0.2, -0.15) is 0 Å². The number of fused-ring (bicyclic) bond motifs is 1. The first-order chi connectivity index (χ1) is 22.9. The molecule has 0 aromatic heterocycles. The van der Waals surface area contributed by atoms with Crippen molar-refractivity contribution < 1.29 is 47.5 Å². The molecule has 2 aromatic rings. The largest absolute Gasteiger partial charge is 0.494 e. The lowest BCUT2D eigenvalue weighted by Gasteiger charge is -2.17. The van der Waals surface area contributed by atoms with Crippen molar-refractivity contribution in [3.63, 3.8) is 0 Å². The summed E-state index contributed by atoms with van der Waals surface area (Å²) in [5.41, 5.74) is 2.49. The highest BCUT2D eigenvalue weighted by molar-refractivity contribution is 5.89. The molecule has 4 atom stereocenters. The van der Waals surface area contributed by atoms with E-state index < -0.39 is 24.0 Å². The van der Waals surface area contributed by atoms with Crippen molar-refractivity contribution in [1.29, 1.82) is 0 Å². The van der Waals surface area contributed by atoms with Gasteiger partial charge in [0.05, 0.1) is 51.3 Å². The van der Waals surface area contributed by atoms with E-state index in [0.29, 0.717) is 57.4 Å². The smallest absolute Gasteiger partial charge is 0.338 e. The lowest BCUT2D eigenvalue weighted by molar-refractivity contribution is -0.138. The minimum Gasteiger partial charge on any atom is -0.494 e. The van der Waals surface area contributed by atoms with Crippen LogP contribution in [0.15, 0.2) is 80.4 Å². The zero-order chi connectivity index (χ0) is 33.4. The molecule has 3 unspecified atom stereocenters. The highest BCUT2D eigenvalue weighted by Gasteiger charge is 2.49. The van der Waals surface area contributed by atoms with Gasteiger partial charge >= 0.3 is 17.9 Å². The van der Waals surface area contributed by atoms with E-state index in [2.05, 4.69) is 19.7 Å². The summed E-state index contributed by atoms with van der Waals surface area (Å²) in [6, 6.07) is 14.7. The highest BCUT2D eigenvalue weighted by atomic mass is 16.6. The molecule has 252 valence electrons. The minimum absolute atomic E-state index is 0.132. The number of rotatable bonds is 20. The lowest BCUT2D eigenvalue weighted by Crippen LogP contribution is -2.33. The minimum atomic E-state index is -0.471. The Morgan fingerprint density at radius 2 is 1.21 bits per heavy atom. The van der Waals surface area contributed by atoms with Gasteiger partial charge in [-0.05, 0) is 86.1 Å². The number of hydrogen-bond donors (Lipinski definition) is 0. The van der Waals surface area contributed by atoms with Crippen molar-refractivity contribution in [2.75, 3.05) is 39.6 Å². The molecule has 10 heteroatoms. The van der Waals surface area contributed by atoms with Crippen LogP contribution in [0.25, 0.3) is 5.57 Å². The average molecular weight is 649 g/mol. The third-order valence-corrected chi connectivity index (χ3v) is 7.98. The van der Waals surface area contributed by atoms with E-state index in [4.69, 9.17) is 33.2 Å². The van der Waals surface area contributed by atoms with Gasteiger partial charge in [0.2, 0.25) is 0 Å². The zero-order valence-electron chi connectivity index (χ0n) is 26.8. The molecule has 0 radical (unpaired) electrons. The Balaban J connectivity index is 1.12. The molecule has 0 amide bonds. The van der Waals surface area contributed by atoms with Gasteiger partial charge < -0.3 is 33.2 Å². The van der Waals surface area contributed by atoms with Crippen LogP contribution in [0.2, 0.25) is 0 Å². The molecule has 2 heterocycles. The third kappa shape index (κ3) is 11.1. The summed E-state index contributed by atoms with van der Waals surface area (Å²) in [5, 5.41) is 0. The molecule has 2 fully saturated rings. The Morgan fingerprint density at radius 3 is 1.77 bits per heavy atom. The normalized spacial score (nSPS) is 19.7. The molecule has 0 bridgehead atoms. The number of allylic oxidation sites excluding steroid dienone is 1. The predicted molar refractivity (Wildman–Crippen MR) is 175 cm³/mol. The fourth-order valence-corrected chi connectivity index (χ4v) is 5.33. The molecule has 0 aliphatic carbocycles. The first kappa shape index (κ1) is 35.4. The van der Waals surface area contributed by atoms with E-state index in [1.165, 1.54) is 0 Å². The van der Waals surface area contributed by atoms with Crippen molar-refractivity contribution >= 4 is 23.5 Å². The standard InChI is InChI=1S/C37H44O10/c1-4-33(38)43-22-8-6-20-41-30-16-12-27(13-17-30)26(3)10-11-29-24-45-36-32(25-46-35(29)36)47-37(40)28-14-18-31(19-15-28)42-21-7-9-23-44-34(39)5-2/h4-5,12-19,29,32,35-36H,1-3,6-11,20-25H2/t29-,32?,35?,36?/m1/s1.